The highest BCUT2D eigenvalue weighted by Crippen LogP contribution is 2.09. The van der Waals surface area contributed by atoms with Crippen LogP contribution in [0.3, 0.4) is 0 Å². The van der Waals surface area contributed by atoms with Crippen molar-refractivity contribution in [3.05, 3.63) is 11.9 Å². The molecule has 0 saturated heterocycles. The third kappa shape index (κ3) is 6.72. The van der Waals surface area contributed by atoms with Crippen molar-refractivity contribution in [2.75, 3.05) is 5.73 Å². The van der Waals surface area contributed by atoms with Crippen LogP contribution < -0.4 is 5.73 Å². The Morgan fingerprint density at radius 1 is 1.12 bits per heavy atom. The van der Waals surface area contributed by atoms with Gasteiger partial charge in [-0.3, -0.25) is 0 Å². The van der Waals surface area contributed by atoms with Gasteiger partial charge < -0.3 is 10.7 Å². The smallest absolute Gasteiger partial charge is 0.197 e. The number of nitrogens with zero attached hydrogens (tertiary/aromatic N) is 1. The lowest BCUT2D eigenvalue weighted by molar-refractivity contribution is 0.587. The molecule has 1 rings (SSSR count). The molecule has 4 heteroatoms. The zero-order chi connectivity index (χ0) is 10.9. The molecule has 0 aliphatic rings. The number of H-pyrrole nitrogens is 1. The number of aromatic amines is 1. The van der Waals surface area contributed by atoms with E-state index in [-0.39, 0.29) is 12.4 Å². The molecule has 0 bridgehead atoms. The summed E-state index contributed by atoms with van der Waals surface area (Å²) in [5.74, 6) is 0.535. The highest BCUT2D eigenvalue weighted by atomic mass is 35.5. The Labute approximate surface area is 105 Å². The number of nitrogen functional groups attached to an aromatic ring is 1. The van der Waals surface area contributed by atoms with Gasteiger partial charge in [0.1, 0.15) is 0 Å². The molecule has 0 spiro atoms. The van der Waals surface area contributed by atoms with Crippen LogP contribution in [0.5, 0.6) is 0 Å². The van der Waals surface area contributed by atoms with Gasteiger partial charge in [-0.05, 0) is 12.8 Å². The number of unbranched alkanes of at least 4 members (excludes halogenated alkanes) is 6. The SMILES string of the molecule is CCCCCCCCCc1cnc(N)[nH]1.Cl. The zero-order valence-corrected chi connectivity index (χ0v) is 11.0. The van der Waals surface area contributed by atoms with Crippen molar-refractivity contribution < 1.29 is 0 Å². The van der Waals surface area contributed by atoms with Gasteiger partial charge in [0.05, 0.1) is 6.20 Å². The van der Waals surface area contributed by atoms with Gasteiger partial charge in [-0.2, -0.15) is 0 Å². The van der Waals surface area contributed by atoms with E-state index in [1.165, 1.54) is 50.6 Å². The minimum atomic E-state index is 0. The van der Waals surface area contributed by atoms with E-state index in [1.54, 1.807) is 0 Å². The molecule has 3 nitrogen and oxygen atoms in total. The van der Waals surface area contributed by atoms with Crippen molar-refractivity contribution in [1.29, 1.82) is 0 Å². The largest absolute Gasteiger partial charge is 0.369 e. The van der Waals surface area contributed by atoms with Gasteiger partial charge >= 0.3 is 0 Å². The Kier molecular flexibility index (Phi) is 9.10. The topological polar surface area (TPSA) is 54.7 Å². The highest BCUT2D eigenvalue weighted by molar-refractivity contribution is 5.85. The summed E-state index contributed by atoms with van der Waals surface area (Å²) in [6.45, 7) is 2.25. The fraction of sp³-hybridized carbons (Fsp3) is 0.750. The van der Waals surface area contributed by atoms with Gasteiger partial charge in [0, 0.05) is 5.69 Å². The number of imidazole rings is 1. The van der Waals surface area contributed by atoms with E-state index in [9.17, 15) is 0 Å². The first-order valence-electron chi connectivity index (χ1n) is 6.12. The van der Waals surface area contributed by atoms with E-state index >= 15 is 0 Å². The van der Waals surface area contributed by atoms with Crippen LogP contribution in [0.4, 0.5) is 5.95 Å². The second-order valence-corrected chi connectivity index (χ2v) is 4.16. The summed E-state index contributed by atoms with van der Waals surface area (Å²) in [4.78, 5) is 7.03. The molecular formula is C12H24ClN3. The Hall–Kier alpha value is -0.700. The summed E-state index contributed by atoms with van der Waals surface area (Å²) in [5.41, 5.74) is 6.66. The lowest BCUT2D eigenvalue weighted by Gasteiger charge is -1.99. The number of anilines is 1. The summed E-state index contributed by atoms with van der Waals surface area (Å²) < 4.78 is 0. The van der Waals surface area contributed by atoms with E-state index in [2.05, 4.69) is 16.9 Å². The van der Waals surface area contributed by atoms with Gasteiger partial charge in [0.25, 0.3) is 0 Å². The fourth-order valence-electron chi connectivity index (χ4n) is 1.78. The predicted molar refractivity (Wildman–Crippen MR) is 71.9 cm³/mol. The Balaban J connectivity index is 0.00000225. The van der Waals surface area contributed by atoms with Crippen LogP contribution in [0.25, 0.3) is 0 Å². The van der Waals surface area contributed by atoms with Gasteiger partial charge in [0.15, 0.2) is 5.95 Å². The summed E-state index contributed by atoms with van der Waals surface area (Å²) in [7, 11) is 0. The van der Waals surface area contributed by atoms with E-state index in [0.29, 0.717) is 5.95 Å². The number of nitrogens with two attached hydrogens (primary N) is 1. The van der Waals surface area contributed by atoms with Crippen molar-refractivity contribution in [2.45, 2.75) is 58.3 Å². The maximum Gasteiger partial charge on any atom is 0.197 e. The Bertz CT molecular complexity index is 261. The number of hydrogen-bond acceptors (Lipinski definition) is 2. The van der Waals surface area contributed by atoms with Crippen molar-refractivity contribution in [2.24, 2.45) is 0 Å². The number of nitrogens with one attached hydrogen (secondary N) is 1. The number of hydrogen-bond donors (Lipinski definition) is 2. The van der Waals surface area contributed by atoms with Crippen molar-refractivity contribution in [1.82, 2.24) is 9.97 Å². The predicted octanol–water partition coefficient (Wildman–Crippen LogP) is 3.71. The molecule has 3 N–H and O–H groups in total. The molecule has 0 saturated carbocycles. The third-order valence-corrected chi connectivity index (χ3v) is 2.70. The van der Waals surface area contributed by atoms with E-state index in [4.69, 9.17) is 5.73 Å². The van der Waals surface area contributed by atoms with Crippen LogP contribution >= 0.6 is 12.4 Å². The molecule has 0 radical (unpaired) electrons. The maximum absolute atomic E-state index is 5.50. The molecule has 1 aromatic heterocycles. The first kappa shape index (κ1) is 15.3. The van der Waals surface area contributed by atoms with Crippen LogP contribution in [-0.4, -0.2) is 9.97 Å². The van der Waals surface area contributed by atoms with Gasteiger partial charge in [-0.25, -0.2) is 4.98 Å². The molecule has 0 amide bonds. The standard InChI is InChI=1S/C12H23N3.ClH/c1-2-3-4-5-6-7-8-9-11-10-14-12(13)15-11;/h10H,2-9H2,1H3,(H3,13,14,15);1H. The van der Waals surface area contributed by atoms with E-state index in [0.717, 1.165) is 6.42 Å². The van der Waals surface area contributed by atoms with Crippen LogP contribution in [-0.2, 0) is 6.42 Å². The minimum Gasteiger partial charge on any atom is -0.369 e. The maximum atomic E-state index is 5.50. The molecule has 0 aliphatic heterocycles. The number of halogens is 1. The number of aryl methyl sites for hydroxylation is 1. The first-order valence-corrected chi connectivity index (χ1v) is 6.12. The Morgan fingerprint density at radius 3 is 2.31 bits per heavy atom. The average molecular weight is 246 g/mol. The lowest BCUT2D eigenvalue weighted by atomic mass is 10.1. The molecular weight excluding hydrogens is 222 g/mol. The normalized spacial score (nSPS) is 10.1. The zero-order valence-electron chi connectivity index (χ0n) is 10.2. The second-order valence-electron chi connectivity index (χ2n) is 4.16. The summed E-state index contributed by atoms with van der Waals surface area (Å²) in [6.07, 6.45) is 12.3. The third-order valence-electron chi connectivity index (χ3n) is 2.70. The molecule has 0 aliphatic carbocycles. The first-order chi connectivity index (χ1) is 7.33. The summed E-state index contributed by atoms with van der Waals surface area (Å²) >= 11 is 0. The van der Waals surface area contributed by atoms with Gasteiger partial charge in [-0.15, -0.1) is 12.4 Å². The van der Waals surface area contributed by atoms with Gasteiger partial charge in [0.2, 0.25) is 0 Å². The van der Waals surface area contributed by atoms with Crippen LogP contribution in [0.15, 0.2) is 6.20 Å². The van der Waals surface area contributed by atoms with Crippen LogP contribution in [0.1, 0.15) is 57.6 Å². The molecule has 0 fully saturated rings. The summed E-state index contributed by atoms with van der Waals surface area (Å²) in [6, 6.07) is 0. The second kappa shape index (κ2) is 9.52. The van der Waals surface area contributed by atoms with Crippen molar-refractivity contribution in [3.63, 3.8) is 0 Å². The Morgan fingerprint density at radius 2 is 1.75 bits per heavy atom. The van der Waals surface area contributed by atoms with Crippen LogP contribution in [0, 0.1) is 0 Å². The molecule has 0 aromatic carbocycles. The number of aromatic nitrogens is 2. The van der Waals surface area contributed by atoms with E-state index in [1.807, 2.05) is 6.20 Å². The fourth-order valence-corrected chi connectivity index (χ4v) is 1.78. The van der Waals surface area contributed by atoms with Crippen LogP contribution in [0.2, 0.25) is 0 Å². The average Bonchev–Trinajstić information content (AvgIpc) is 2.63. The van der Waals surface area contributed by atoms with Crippen molar-refractivity contribution in [3.8, 4) is 0 Å². The molecule has 1 aromatic rings. The highest BCUT2D eigenvalue weighted by Gasteiger charge is 1.97. The van der Waals surface area contributed by atoms with Gasteiger partial charge in [-0.1, -0.05) is 45.4 Å². The van der Waals surface area contributed by atoms with Crippen molar-refractivity contribution >= 4 is 18.4 Å². The number of rotatable bonds is 8. The molecule has 0 unspecified atom stereocenters. The monoisotopic (exact) mass is 245 g/mol. The minimum absolute atomic E-state index is 0. The molecule has 16 heavy (non-hydrogen) atoms. The molecule has 94 valence electrons. The van der Waals surface area contributed by atoms with E-state index < -0.39 is 0 Å². The molecule has 0 atom stereocenters. The molecule has 1 heterocycles. The summed E-state index contributed by atoms with van der Waals surface area (Å²) in [5, 5.41) is 0. The lowest BCUT2D eigenvalue weighted by Crippen LogP contribution is -1.89. The quantitative estimate of drug-likeness (QED) is 0.686.